The zero-order valence-corrected chi connectivity index (χ0v) is 41.6. The molecule has 73 heavy (non-hydrogen) atoms. The Balaban J connectivity index is 1.49. The third-order valence-corrected chi connectivity index (χ3v) is 12.6. The number of amides is 4. The summed E-state index contributed by atoms with van der Waals surface area (Å²) in [5, 5.41) is 118. The summed E-state index contributed by atoms with van der Waals surface area (Å²) in [6.07, 6.45) is -4.43. The van der Waals surface area contributed by atoms with Crippen LogP contribution in [0.2, 0.25) is 0 Å². The first-order valence-electron chi connectivity index (χ1n) is 24.8. The predicted molar refractivity (Wildman–Crippen MR) is 254 cm³/mol. The van der Waals surface area contributed by atoms with Crippen molar-refractivity contribution in [2.45, 2.75) is 202 Å². The highest BCUT2D eigenvalue weighted by Gasteiger charge is 2.56. The highest BCUT2D eigenvalue weighted by atomic mass is 16.8. The summed E-state index contributed by atoms with van der Waals surface area (Å²) in [6.45, 7) is 1.92. The molecule has 0 aliphatic carbocycles. The predicted octanol–water partition coefficient (Wildman–Crippen LogP) is -3.83. The zero-order chi connectivity index (χ0) is 53.8. The summed E-state index contributed by atoms with van der Waals surface area (Å²) in [6, 6.07) is -6.30. The van der Waals surface area contributed by atoms with E-state index in [9.17, 15) is 70.2 Å². The van der Waals surface area contributed by atoms with Gasteiger partial charge < -0.3 is 105 Å². The number of unbranched alkanes of at least 4 members (excludes halogenated alkanes) is 6. The molecule has 4 fully saturated rings. The Labute approximate surface area is 424 Å². The highest BCUT2D eigenvalue weighted by Crippen LogP contribution is 2.34. The Bertz CT molecular complexity index is 1830. The Morgan fingerprint density at radius 2 is 0.863 bits per heavy atom. The molecule has 14 N–H and O–H groups in total. The fourth-order valence-electron chi connectivity index (χ4n) is 8.87. The van der Waals surface area contributed by atoms with Crippen LogP contribution in [0.25, 0.3) is 0 Å². The van der Waals surface area contributed by atoms with Gasteiger partial charge in [-0.1, -0.05) is 68.7 Å². The van der Waals surface area contributed by atoms with Crippen molar-refractivity contribution >= 4 is 23.6 Å². The number of rotatable bonds is 26. The van der Waals surface area contributed by atoms with Crippen LogP contribution < -0.4 is 21.3 Å². The lowest BCUT2D eigenvalue weighted by atomic mass is 9.93. The van der Waals surface area contributed by atoms with E-state index < -0.39 is 173 Å². The summed E-state index contributed by atoms with van der Waals surface area (Å²) in [5.41, 5.74) is 0. The van der Waals surface area contributed by atoms with Gasteiger partial charge in [-0.15, -0.1) is 0 Å². The SMILES string of the molecule is CCCCCC/C=C\CCC/C=C/C=C/C=C/C(=O)N[C@H]1[C@H](O[C@H]2[C@H](O)[C@@H](NC(C)=O)[C@H](O[C@H]3[C@H](O)[C@@H](NC(C)=O)[C@H](O[C@H]4[C@H](O)[C@@H](NC(C)=O)[C@@H](O)O[C@@H]4CO)O[C@@H]3CO)O[C@@H]2CO)O[C@H](CO)[C@@H](O)[C@@H]1O. The average Bonchev–Trinajstić information content (AvgIpc) is 3.35. The first-order chi connectivity index (χ1) is 34.9. The van der Waals surface area contributed by atoms with Gasteiger partial charge in [-0.05, 0) is 32.1 Å². The maximum atomic E-state index is 13.1. The van der Waals surface area contributed by atoms with E-state index >= 15 is 0 Å². The molecule has 4 aliphatic heterocycles. The number of hydrogen-bond donors (Lipinski definition) is 14. The van der Waals surface area contributed by atoms with Gasteiger partial charge in [-0.2, -0.15) is 0 Å². The van der Waals surface area contributed by atoms with Crippen molar-refractivity contribution in [2.75, 3.05) is 26.4 Å². The minimum atomic E-state index is -1.92. The van der Waals surface area contributed by atoms with E-state index in [0.29, 0.717) is 0 Å². The van der Waals surface area contributed by atoms with E-state index in [1.807, 2.05) is 12.2 Å². The molecule has 4 rings (SSSR count). The van der Waals surface area contributed by atoms with Crippen LogP contribution in [-0.4, -0.2) is 224 Å². The molecule has 416 valence electrons. The molecule has 25 heteroatoms. The van der Waals surface area contributed by atoms with Crippen LogP contribution in [0.15, 0.2) is 48.6 Å². The molecule has 0 saturated carbocycles. The van der Waals surface area contributed by atoms with Gasteiger partial charge in [0.2, 0.25) is 23.6 Å². The van der Waals surface area contributed by atoms with Crippen molar-refractivity contribution in [3.8, 4) is 0 Å². The van der Waals surface area contributed by atoms with Gasteiger partial charge in [0.1, 0.15) is 97.4 Å². The van der Waals surface area contributed by atoms with Crippen molar-refractivity contribution in [2.24, 2.45) is 0 Å². The van der Waals surface area contributed by atoms with E-state index in [0.717, 1.165) is 52.5 Å². The zero-order valence-electron chi connectivity index (χ0n) is 41.6. The first kappa shape index (κ1) is 61.7. The number of hydrogen-bond acceptors (Lipinski definition) is 21. The smallest absolute Gasteiger partial charge is 0.244 e. The fraction of sp³-hybridized carbons (Fsp3) is 0.750. The van der Waals surface area contributed by atoms with E-state index in [1.165, 1.54) is 31.8 Å². The maximum Gasteiger partial charge on any atom is 0.244 e. The van der Waals surface area contributed by atoms with E-state index in [2.05, 4.69) is 40.3 Å². The Morgan fingerprint density at radius 1 is 0.452 bits per heavy atom. The second kappa shape index (κ2) is 31.3. The van der Waals surface area contributed by atoms with E-state index in [1.54, 1.807) is 12.2 Å². The van der Waals surface area contributed by atoms with E-state index in [-0.39, 0.29) is 0 Å². The van der Waals surface area contributed by atoms with Crippen molar-refractivity contribution < 1.29 is 103 Å². The van der Waals surface area contributed by atoms with Gasteiger partial charge in [-0.25, -0.2) is 0 Å². The number of allylic oxidation sites excluding steroid dienone is 7. The van der Waals surface area contributed by atoms with Gasteiger partial charge in [-0.3, -0.25) is 19.2 Å². The highest BCUT2D eigenvalue weighted by molar-refractivity contribution is 5.88. The summed E-state index contributed by atoms with van der Waals surface area (Å²) < 4.78 is 41.3. The molecule has 4 aliphatic rings. The van der Waals surface area contributed by atoms with Crippen molar-refractivity contribution in [1.29, 1.82) is 0 Å². The normalized spacial score (nSPS) is 37.2. The Morgan fingerprint density at radius 3 is 1.34 bits per heavy atom. The number of carbonyl (C=O) groups excluding carboxylic acids is 4. The second-order valence-corrected chi connectivity index (χ2v) is 18.3. The van der Waals surface area contributed by atoms with Crippen LogP contribution >= 0.6 is 0 Å². The van der Waals surface area contributed by atoms with Crippen LogP contribution in [0.5, 0.6) is 0 Å². The third kappa shape index (κ3) is 17.9. The van der Waals surface area contributed by atoms with Gasteiger partial charge in [0.15, 0.2) is 25.2 Å². The van der Waals surface area contributed by atoms with Gasteiger partial charge in [0, 0.05) is 26.8 Å². The molecular formula is C48H78N4O21. The molecule has 0 aromatic heterocycles. The summed E-state index contributed by atoms with van der Waals surface area (Å²) in [5.74, 6) is -2.94. The summed E-state index contributed by atoms with van der Waals surface area (Å²) in [7, 11) is 0. The lowest BCUT2D eigenvalue weighted by Gasteiger charge is -2.51. The average molecular weight is 1050 g/mol. The third-order valence-electron chi connectivity index (χ3n) is 12.6. The first-order valence-corrected chi connectivity index (χ1v) is 24.8. The molecule has 0 bridgehead atoms. The lowest BCUT2D eigenvalue weighted by molar-refractivity contribution is -0.362. The van der Waals surface area contributed by atoms with Crippen LogP contribution in [0, 0.1) is 0 Å². The molecule has 0 aromatic carbocycles. The molecular weight excluding hydrogens is 969 g/mol. The minimum Gasteiger partial charge on any atom is -0.394 e. The van der Waals surface area contributed by atoms with Crippen molar-refractivity contribution in [3.63, 3.8) is 0 Å². The summed E-state index contributed by atoms with van der Waals surface area (Å²) in [4.78, 5) is 50.1. The molecule has 0 aromatic rings. The summed E-state index contributed by atoms with van der Waals surface area (Å²) >= 11 is 0. The van der Waals surface area contributed by atoms with Crippen LogP contribution in [0.3, 0.4) is 0 Å². The standard InChI is InChI=1S/C48H78N4O21/c1-5-6-7-8-9-10-11-12-13-14-15-16-17-18-19-20-32(60)52-34-38(62)37(61)28(21-53)68-46(34)72-43-30(23-55)70-48(36(40(43)64)51-27(4)59)73-44-31(24-56)69-47(35(41(44)65)50-26(3)58)71-42-29(22-54)67-45(66)33(39(42)63)49-25(2)57/h10-11,15-20,28-31,33-48,53-56,61-66H,5-9,12-14,21-24H2,1-4H3,(H,49,57)(H,50,58)(H,51,59)(H,52,60)/b11-10-,16-15+,18-17+,20-19+/t28-,29-,30-,31-,33-,34-,35-,36-,37-,38-,39-,40-,41-,42-,43-,44-,45+,46+,47+,48+/m1/s1. The molecule has 4 saturated heterocycles. The Kier molecular flexibility index (Phi) is 26.4. The van der Waals surface area contributed by atoms with Gasteiger partial charge in [0.25, 0.3) is 0 Å². The lowest BCUT2D eigenvalue weighted by Crippen LogP contribution is -2.71. The largest absolute Gasteiger partial charge is 0.394 e. The quantitative estimate of drug-likeness (QED) is 0.0171. The monoisotopic (exact) mass is 1050 g/mol. The van der Waals surface area contributed by atoms with Crippen molar-refractivity contribution in [3.05, 3.63) is 48.6 Å². The molecule has 20 atom stereocenters. The molecule has 25 nitrogen and oxygen atoms in total. The van der Waals surface area contributed by atoms with Crippen LogP contribution in [-0.2, 0) is 52.3 Å². The molecule has 0 unspecified atom stereocenters. The number of aliphatic hydroxyl groups is 10. The topological polar surface area (TPSA) is 383 Å². The van der Waals surface area contributed by atoms with Crippen LogP contribution in [0.1, 0.15) is 79.1 Å². The fourth-order valence-corrected chi connectivity index (χ4v) is 8.87. The number of nitrogens with one attached hydrogen (secondary N) is 4. The molecule has 0 spiro atoms. The van der Waals surface area contributed by atoms with Gasteiger partial charge >= 0.3 is 0 Å². The number of aliphatic hydroxyl groups excluding tert-OH is 10. The maximum absolute atomic E-state index is 13.1. The molecule has 4 heterocycles. The molecule has 0 radical (unpaired) electrons. The minimum absolute atomic E-state index is 0.666. The van der Waals surface area contributed by atoms with Crippen molar-refractivity contribution in [1.82, 2.24) is 21.3 Å². The second-order valence-electron chi connectivity index (χ2n) is 18.3. The number of ether oxygens (including phenoxy) is 7. The Hall–Kier alpha value is -3.84. The molecule has 4 amide bonds. The van der Waals surface area contributed by atoms with Gasteiger partial charge in [0.05, 0.1) is 26.4 Å². The van der Waals surface area contributed by atoms with E-state index in [4.69, 9.17) is 33.2 Å². The van der Waals surface area contributed by atoms with Crippen LogP contribution in [0.4, 0.5) is 0 Å². The number of carbonyl (C=O) groups is 4.